The smallest absolute Gasteiger partial charge is 0.252 e. The monoisotopic (exact) mass is 299 g/mol. The number of H-pyrrole nitrogens is 1. The summed E-state index contributed by atoms with van der Waals surface area (Å²) in [7, 11) is 0. The van der Waals surface area contributed by atoms with Crippen LogP contribution in [0.15, 0.2) is 24.3 Å². The molecule has 7 heteroatoms. The molecule has 2 aromatic rings. The third-order valence-electron chi connectivity index (χ3n) is 3.58. The van der Waals surface area contributed by atoms with E-state index in [4.69, 9.17) is 0 Å². The van der Waals surface area contributed by atoms with Crippen molar-refractivity contribution in [2.75, 3.05) is 5.32 Å². The molecule has 1 aromatic carbocycles. The molecule has 0 spiro atoms. The molecule has 2 amide bonds. The van der Waals surface area contributed by atoms with Gasteiger partial charge in [0.1, 0.15) is 5.82 Å². The molecule has 0 unspecified atom stereocenters. The van der Waals surface area contributed by atoms with Gasteiger partial charge in [-0.2, -0.15) is 4.98 Å². The maximum Gasteiger partial charge on any atom is 0.252 e. The summed E-state index contributed by atoms with van der Waals surface area (Å²) in [6, 6.07) is 6.96. The number of nitrogens with zero attached hydrogens (tertiary/aromatic N) is 2. The number of aromatic amines is 1. The summed E-state index contributed by atoms with van der Waals surface area (Å²) < 4.78 is 0. The van der Waals surface area contributed by atoms with E-state index in [9.17, 15) is 9.59 Å². The molecular weight excluding hydrogens is 282 g/mol. The lowest BCUT2D eigenvalue weighted by Gasteiger charge is -2.10. The van der Waals surface area contributed by atoms with Crippen molar-refractivity contribution in [3.8, 4) is 0 Å². The minimum absolute atomic E-state index is 0.145. The van der Waals surface area contributed by atoms with Gasteiger partial charge in [0.2, 0.25) is 11.9 Å². The first kappa shape index (κ1) is 14.2. The van der Waals surface area contributed by atoms with E-state index >= 15 is 0 Å². The summed E-state index contributed by atoms with van der Waals surface area (Å²) in [5.41, 5.74) is 1.47. The normalized spacial score (nSPS) is 16.5. The van der Waals surface area contributed by atoms with Crippen molar-refractivity contribution in [2.24, 2.45) is 0 Å². The maximum atomic E-state index is 12.1. The van der Waals surface area contributed by atoms with Crippen molar-refractivity contribution >= 4 is 17.8 Å². The first-order chi connectivity index (χ1) is 10.5. The van der Waals surface area contributed by atoms with E-state index < -0.39 is 0 Å². The van der Waals surface area contributed by atoms with E-state index in [1.165, 1.54) is 0 Å². The Bertz CT molecular complexity index is 722. The molecule has 0 fully saturated rings. The van der Waals surface area contributed by atoms with Crippen LogP contribution in [0.4, 0.5) is 5.95 Å². The fourth-order valence-electron chi connectivity index (χ4n) is 2.43. The summed E-state index contributed by atoms with van der Waals surface area (Å²) >= 11 is 0. The molecule has 0 bridgehead atoms. The second kappa shape index (κ2) is 5.59. The molecule has 1 aliphatic heterocycles. The SMILES string of the molecule is CC(C)c1nc(NC(=O)C[C@@H]2NC(=O)c3ccccc32)n[nH]1. The van der Waals surface area contributed by atoms with E-state index in [2.05, 4.69) is 25.8 Å². The van der Waals surface area contributed by atoms with Crippen molar-refractivity contribution in [3.63, 3.8) is 0 Å². The predicted molar refractivity (Wildman–Crippen MR) is 80.4 cm³/mol. The van der Waals surface area contributed by atoms with Crippen LogP contribution in [0.3, 0.4) is 0 Å². The predicted octanol–water partition coefficient (Wildman–Crippen LogP) is 1.74. The van der Waals surface area contributed by atoms with Crippen molar-refractivity contribution in [3.05, 3.63) is 41.2 Å². The van der Waals surface area contributed by atoms with Gasteiger partial charge in [0.25, 0.3) is 5.91 Å². The molecule has 0 saturated carbocycles. The van der Waals surface area contributed by atoms with Gasteiger partial charge in [-0.3, -0.25) is 20.0 Å². The average Bonchev–Trinajstić information content (AvgIpc) is 3.06. The van der Waals surface area contributed by atoms with Gasteiger partial charge in [-0.15, -0.1) is 5.10 Å². The highest BCUT2D eigenvalue weighted by Crippen LogP contribution is 2.27. The molecule has 1 atom stereocenters. The molecular formula is C15H17N5O2. The maximum absolute atomic E-state index is 12.1. The van der Waals surface area contributed by atoms with Crippen LogP contribution in [0.1, 0.15) is 54.0 Å². The molecule has 1 aliphatic rings. The summed E-state index contributed by atoms with van der Waals surface area (Å²) in [6.45, 7) is 3.97. The summed E-state index contributed by atoms with van der Waals surface area (Å²) in [6.07, 6.45) is 0.147. The number of hydrogen-bond donors (Lipinski definition) is 3. The van der Waals surface area contributed by atoms with E-state index in [-0.39, 0.29) is 36.1 Å². The van der Waals surface area contributed by atoms with E-state index in [0.29, 0.717) is 5.56 Å². The van der Waals surface area contributed by atoms with Gasteiger partial charge < -0.3 is 5.32 Å². The topological polar surface area (TPSA) is 99.8 Å². The lowest BCUT2D eigenvalue weighted by molar-refractivity contribution is -0.116. The Labute approximate surface area is 127 Å². The quantitative estimate of drug-likeness (QED) is 0.800. The zero-order chi connectivity index (χ0) is 15.7. The Morgan fingerprint density at radius 3 is 2.86 bits per heavy atom. The van der Waals surface area contributed by atoms with Gasteiger partial charge in [0, 0.05) is 11.5 Å². The fraction of sp³-hybridized carbons (Fsp3) is 0.333. The first-order valence-electron chi connectivity index (χ1n) is 7.16. The molecule has 0 aliphatic carbocycles. The zero-order valence-electron chi connectivity index (χ0n) is 12.4. The third kappa shape index (κ3) is 2.69. The number of nitrogens with one attached hydrogen (secondary N) is 3. The number of hydrogen-bond acceptors (Lipinski definition) is 4. The van der Waals surface area contributed by atoms with Crippen LogP contribution in [-0.4, -0.2) is 27.0 Å². The van der Waals surface area contributed by atoms with Gasteiger partial charge in [-0.05, 0) is 11.6 Å². The number of aromatic nitrogens is 3. The van der Waals surface area contributed by atoms with Crippen molar-refractivity contribution in [2.45, 2.75) is 32.2 Å². The number of benzene rings is 1. The third-order valence-corrected chi connectivity index (χ3v) is 3.58. The van der Waals surface area contributed by atoms with Crippen molar-refractivity contribution in [1.29, 1.82) is 0 Å². The first-order valence-corrected chi connectivity index (χ1v) is 7.16. The zero-order valence-corrected chi connectivity index (χ0v) is 12.4. The van der Waals surface area contributed by atoms with Crippen LogP contribution in [0.25, 0.3) is 0 Å². The highest BCUT2D eigenvalue weighted by molar-refractivity contribution is 6.00. The molecule has 3 N–H and O–H groups in total. The Balaban J connectivity index is 1.66. The van der Waals surface area contributed by atoms with Gasteiger partial charge in [-0.25, -0.2) is 0 Å². The number of amides is 2. The van der Waals surface area contributed by atoms with Crippen LogP contribution < -0.4 is 10.6 Å². The molecule has 7 nitrogen and oxygen atoms in total. The number of carbonyl (C=O) groups excluding carboxylic acids is 2. The Hall–Kier alpha value is -2.70. The largest absolute Gasteiger partial charge is 0.345 e. The molecule has 1 aromatic heterocycles. The Morgan fingerprint density at radius 1 is 1.36 bits per heavy atom. The minimum Gasteiger partial charge on any atom is -0.345 e. The summed E-state index contributed by atoms with van der Waals surface area (Å²) in [5.74, 6) is 0.796. The highest BCUT2D eigenvalue weighted by atomic mass is 16.2. The lowest BCUT2D eigenvalue weighted by Crippen LogP contribution is -2.24. The van der Waals surface area contributed by atoms with E-state index in [1.54, 1.807) is 6.07 Å². The van der Waals surface area contributed by atoms with E-state index in [1.807, 2.05) is 32.0 Å². The van der Waals surface area contributed by atoms with Gasteiger partial charge >= 0.3 is 0 Å². The molecule has 2 heterocycles. The molecule has 0 radical (unpaired) electrons. The van der Waals surface area contributed by atoms with Crippen molar-refractivity contribution < 1.29 is 9.59 Å². The number of rotatable bonds is 4. The van der Waals surface area contributed by atoms with Crippen LogP contribution in [0, 0.1) is 0 Å². The second-order valence-corrected chi connectivity index (χ2v) is 5.56. The molecule has 0 saturated heterocycles. The van der Waals surface area contributed by atoms with Crippen molar-refractivity contribution in [1.82, 2.24) is 20.5 Å². The Kier molecular flexibility index (Phi) is 3.62. The summed E-state index contributed by atoms with van der Waals surface area (Å²) in [5, 5.41) is 12.2. The van der Waals surface area contributed by atoms with E-state index in [0.717, 1.165) is 11.4 Å². The molecule has 3 rings (SSSR count). The minimum atomic E-state index is -0.313. The number of anilines is 1. The summed E-state index contributed by atoms with van der Waals surface area (Å²) in [4.78, 5) is 28.1. The number of carbonyl (C=O) groups is 2. The second-order valence-electron chi connectivity index (χ2n) is 5.56. The van der Waals surface area contributed by atoms with Crippen LogP contribution in [0.5, 0.6) is 0 Å². The van der Waals surface area contributed by atoms with Gasteiger partial charge in [0.15, 0.2) is 0 Å². The molecule has 114 valence electrons. The standard InChI is InChI=1S/C15H17N5O2/c1-8(2)13-18-15(20-19-13)17-12(21)7-11-9-5-3-4-6-10(9)14(22)16-11/h3-6,8,11H,7H2,1-2H3,(H,16,22)(H2,17,18,19,20,21)/t11-/m0/s1. The van der Waals surface area contributed by atoms with Crippen LogP contribution in [0.2, 0.25) is 0 Å². The number of fused-ring (bicyclic) bond motifs is 1. The fourth-order valence-corrected chi connectivity index (χ4v) is 2.43. The van der Waals surface area contributed by atoms with Crippen LogP contribution >= 0.6 is 0 Å². The lowest BCUT2D eigenvalue weighted by atomic mass is 10.0. The Morgan fingerprint density at radius 2 is 2.14 bits per heavy atom. The van der Waals surface area contributed by atoms with Crippen LogP contribution in [-0.2, 0) is 4.79 Å². The van der Waals surface area contributed by atoms with Gasteiger partial charge in [0.05, 0.1) is 12.5 Å². The highest BCUT2D eigenvalue weighted by Gasteiger charge is 2.29. The average molecular weight is 299 g/mol. The molecule has 22 heavy (non-hydrogen) atoms. The van der Waals surface area contributed by atoms with Gasteiger partial charge in [-0.1, -0.05) is 32.0 Å².